The Morgan fingerprint density at radius 1 is 1.32 bits per heavy atom. The average molecular weight is 282 g/mol. The highest BCUT2D eigenvalue weighted by molar-refractivity contribution is 6.18. The van der Waals surface area contributed by atoms with Crippen molar-refractivity contribution in [3.05, 3.63) is 29.8 Å². The summed E-state index contributed by atoms with van der Waals surface area (Å²) in [7, 11) is 0. The molecule has 0 saturated heterocycles. The van der Waals surface area contributed by atoms with Gasteiger partial charge in [0.25, 0.3) is 0 Å². The third-order valence-corrected chi connectivity index (χ3v) is 4.26. The second-order valence-corrected chi connectivity index (χ2v) is 5.64. The number of alkyl halides is 1. The van der Waals surface area contributed by atoms with E-state index < -0.39 is 0 Å². The molecule has 0 atom stereocenters. The Morgan fingerprint density at radius 3 is 2.68 bits per heavy atom. The van der Waals surface area contributed by atoms with Crippen LogP contribution in [0.5, 0.6) is 5.75 Å². The fourth-order valence-electron chi connectivity index (χ4n) is 2.71. The second-order valence-electron chi connectivity index (χ2n) is 5.37. The zero-order valence-electron chi connectivity index (χ0n) is 11.0. The molecular weight excluding hydrogens is 262 g/mol. The number of phenolic OH excluding ortho intramolecular Hbond substituents is 1. The number of rotatable bonds is 4. The smallest absolute Gasteiger partial charge is 0.224 e. The Bertz CT molecular complexity index is 442. The molecule has 1 aliphatic rings. The first-order valence-corrected chi connectivity index (χ1v) is 7.32. The predicted molar refractivity (Wildman–Crippen MR) is 76.5 cm³/mol. The summed E-state index contributed by atoms with van der Waals surface area (Å²) in [5, 5.41) is 12.5. The Kier molecular flexibility index (Phi) is 4.70. The van der Waals surface area contributed by atoms with Gasteiger partial charge >= 0.3 is 0 Å². The van der Waals surface area contributed by atoms with E-state index in [0.717, 1.165) is 31.2 Å². The van der Waals surface area contributed by atoms with E-state index >= 15 is 0 Å². The Balaban J connectivity index is 1.96. The molecule has 2 rings (SSSR count). The van der Waals surface area contributed by atoms with Crippen LogP contribution in [0.15, 0.2) is 24.3 Å². The number of amides is 1. The number of phenols is 1. The molecule has 0 spiro atoms. The van der Waals surface area contributed by atoms with Crippen LogP contribution in [0.25, 0.3) is 0 Å². The Labute approximate surface area is 119 Å². The summed E-state index contributed by atoms with van der Waals surface area (Å²) in [6.07, 6.45) is 5.68. The first-order valence-electron chi connectivity index (χ1n) is 6.78. The van der Waals surface area contributed by atoms with E-state index in [0.29, 0.717) is 5.88 Å². The van der Waals surface area contributed by atoms with Crippen molar-refractivity contribution < 1.29 is 9.90 Å². The van der Waals surface area contributed by atoms with E-state index in [-0.39, 0.29) is 23.6 Å². The molecule has 104 valence electrons. The van der Waals surface area contributed by atoms with Crippen LogP contribution in [-0.4, -0.2) is 22.4 Å². The number of hydrogen-bond donors (Lipinski definition) is 2. The molecule has 1 saturated carbocycles. The molecule has 1 fully saturated rings. The van der Waals surface area contributed by atoms with Crippen molar-refractivity contribution in [2.75, 3.05) is 5.88 Å². The van der Waals surface area contributed by atoms with Gasteiger partial charge in [-0.15, -0.1) is 11.6 Å². The number of nitrogens with one attached hydrogen (secondary N) is 1. The van der Waals surface area contributed by atoms with Crippen molar-refractivity contribution in [1.82, 2.24) is 5.32 Å². The average Bonchev–Trinajstić information content (AvgIpc) is 2.39. The van der Waals surface area contributed by atoms with Crippen LogP contribution in [0.4, 0.5) is 0 Å². The number of hydrogen-bond acceptors (Lipinski definition) is 2. The summed E-state index contributed by atoms with van der Waals surface area (Å²) in [6, 6.07) is 6.81. The van der Waals surface area contributed by atoms with E-state index in [1.54, 1.807) is 18.2 Å². The fraction of sp³-hybridized carbons (Fsp3) is 0.533. The van der Waals surface area contributed by atoms with Gasteiger partial charge in [0.05, 0.1) is 12.0 Å². The van der Waals surface area contributed by atoms with Crippen molar-refractivity contribution in [3.8, 4) is 5.75 Å². The van der Waals surface area contributed by atoms with Crippen LogP contribution in [0, 0.1) is 0 Å². The van der Waals surface area contributed by atoms with E-state index in [1.807, 2.05) is 6.07 Å². The molecule has 0 aliphatic heterocycles. The minimum Gasteiger partial charge on any atom is -0.508 e. The third kappa shape index (κ3) is 3.87. The highest BCUT2D eigenvalue weighted by Gasteiger charge is 2.32. The lowest BCUT2D eigenvalue weighted by Crippen LogP contribution is -2.51. The number of carbonyl (C=O) groups excluding carboxylic acids is 1. The molecule has 3 nitrogen and oxygen atoms in total. The van der Waals surface area contributed by atoms with Crippen LogP contribution in [0.2, 0.25) is 0 Å². The molecule has 1 aromatic rings. The molecule has 0 aromatic heterocycles. The van der Waals surface area contributed by atoms with Gasteiger partial charge in [-0.3, -0.25) is 4.79 Å². The van der Waals surface area contributed by atoms with Gasteiger partial charge in [-0.1, -0.05) is 31.4 Å². The van der Waals surface area contributed by atoms with Crippen molar-refractivity contribution in [1.29, 1.82) is 0 Å². The van der Waals surface area contributed by atoms with E-state index in [9.17, 15) is 9.90 Å². The van der Waals surface area contributed by atoms with Crippen LogP contribution in [-0.2, 0) is 11.2 Å². The van der Waals surface area contributed by atoms with Crippen LogP contribution < -0.4 is 5.32 Å². The topological polar surface area (TPSA) is 49.3 Å². The van der Waals surface area contributed by atoms with Crippen LogP contribution >= 0.6 is 11.6 Å². The van der Waals surface area contributed by atoms with Crippen LogP contribution in [0.3, 0.4) is 0 Å². The van der Waals surface area contributed by atoms with E-state index in [2.05, 4.69) is 5.32 Å². The van der Waals surface area contributed by atoms with Gasteiger partial charge < -0.3 is 10.4 Å². The van der Waals surface area contributed by atoms with Crippen molar-refractivity contribution in [2.24, 2.45) is 0 Å². The molecule has 1 amide bonds. The molecule has 2 N–H and O–H groups in total. The Morgan fingerprint density at radius 2 is 2.05 bits per heavy atom. The van der Waals surface area contributed by atoms with Crippen molar-refractivity contribution in [3.63, 3.8) is 0 Å². The largest absolute Gasteiger partial charge is 0.508 e. The van der Waals surface area contributed by atoms with E-state index in [1.165, 1.54) is 6.42 Å². The maximum atomic E-state index is 12.1. The van der Waals surface area contributed by atoms with Crippen molar-refractivity contribution in [2.45, 2.75) is 44.1 Å². The highest BCUT2D eigenvalue weighted by atomic mass is 35.5. The lowest BCUT2D eigenvalue weighted by atomic mass is 9.83. The molecular formula is C15H20ClNO2. The number of halogens is 1. The monoisotopic (exact) mass is 281 g/mol. The Hall–Kier alpha value is -1.22. The van der Waals surface area contributed by atoms with Gasteiger partial charge in [-0.2, -0.15) is 0 Å². The van der Waals surface area contributed by atoms with Gasteiger partial charge in [0.15, 0.2) is 0 Å². The standard InChI is InChI=1S/C15H20ClNO2/c16-11-15(7-2-1-3-8-15)17-14(19)10-12-5-4-6-13(18)9-12/h4-6,9,18H,1-3,7-8,10-11H2,(H,17,19). The lowest BCUT2D eigenvalue weighted by Gasteiger charge is -2.36. The third-order valence-electron chi connectivity index (χ3n) is 3.75. The molecule has 4 heteroatoms. The molecule has 0 bridgehead atoms. The summed E-state index contributed by atoms with van der Waals surface area (Å²) in [6.45, 7) is 0. The number of carbonyl (C=O) groups is 1. The van der Waals surface area contributed by atoms with Gasteiger partial charge in [-0.25, -0.2) is 0 Å². The summed E-state index contributed by atoms with van der Waals surface area (Å²) >= 11 is 6.05. The zero-order chi connectivity index (χ0) is 13.7. The zero-order valence-corrected chi connectivity index (χ0v) is 11.7. The van der Waals surface area contributed by atoms with Crippen LogP contribution in [0.1, 0.15) is 37.7 Å². The maximum absolute atomic E-state index is 12.1. The quantitative estimate of drug-likeness (QED) is 0.834. The summed E-state index contributed by atoms with van der Waals surface area (Å²) in [4.78, 5) is 12.1. The van der Waals surface area contributed by atoms with Gasteiger partial charge in [0.1, 0.15) is 5.75 Å². The van der Waals surface area contributed by atoms with Gasteiger partial charge in [0.2, 0.25) is 5.91 Å². The first kappa shape index (κ1) is 14.2. The molecule has 1 aromatic carbocycles. The summed E-state index contributed by atoms with van der Waals surface area (Å²) in [5.41, 5.74) is 0.589. The number of aromatic hydroxyl groups is 1. The van der Waals surface area contributed by atoms with Crippen molar-refractivity contribution >= 4 is 17.5 Å². The first-order chi connectivity index (χ1) is 9.13. The number of benzene rings is 1. The summed E-state index contributed by atoms with van der Waals surface area (Å²) in [5.74, 6) is 0.641. The molecule has 1 aliphatic carbocycles. The molecule has 0 heterocycles. The molecule has 0 unspecified atom stereocenters. The summed E-state index contributed by atoms with van der Waals surface area (Å²) < 4.78 is 0. The molecule has 0 radical (unpaired) electrons. The second kappa shape index (κ2) is 6.29. The van der Waals surface area contributed by atoms with Gasteiger partial charge in [0, 0.05) is 5.88 Å². The highest BCUT2D eigenvalue weighted by Crippen LogP contribution is 2.29. The normalized spacial score (nSPS) is 17.9. The minimum atomic E-state index is -0.228. The van der Waals surface area contributed by atoms with E-state index in [4.69, 9.17) is 11.6 Å². The fourth-order valence-corrected chi connectivity index (χ4v) is 3.05. The maximum Gasteiger partial charge on any atom is 0.224 e. The SMILES string of the molecule is O=C(Cc1cccc(O)c1)NC1(CCl)CCCCC1. The lowest BCUT2D eigenvalue weighted by molar-refractivity contribution is -0.122. The predicted octanol–water partition coefficient (Wildman–Crippen LogP) is 2.99. The minimum absolute atomic E-state index is 0.0202. The molecule has 19 heavy (non-hydrogen) atoms. The van der Waals surface area contributed by atoms with Gasteiger partial charge in [-0.05, 0) is 30.5 Å².